The lowest BCUT2D eigenvalue weighted by atomic mass is 10.0. The van der Waals surface area contributed by atoms with Gasteiger partial charge in [0.25, 0.3) is 0 Å². The summed E-state index contributed by atoms with van der Waals surface area (Å²) in [5.41, 5.74) is 1.01. The van der Waals surface area contributed by atoms with Gasteiger partial charge in [0.05, 0.1) is 16.1 Å². The molecule has 0 aliphatic heterocycles. The van der Waals surface area contributed by atoms with E-state index in [0.717, 1.165) is 18.5 Å². The Morgan fingerprint density at radius 3 is 2.78 bits per heavy atom. The lowest BCUT2D eigenvalue weighted by Crippen LogP contribution is -2.19. The molecular formula is C11H13Cl2N5. The maximum absolute atomic E-state index is 6.04. The number of nitrogens with one attached hydrogen (secondary N) is 1. The van der Waals surface area contributed by atoms with Crippen LogP contribution in [-0.2, 0) is 0 Å². The molecule has 0 amide bonds. The molecule has 0 spiro atoms. The lowest BCUT2D eigenvalue weighted by Gasteiger charge is -2.16. The smallest absolute Gasteiger partial charge is 0.162 e. The fourth-order valence-electron chi connectivity index (χ4n) is 1.73. The van der Waals surface area contributed by atoms with Crippen molar-refractivity contribution in [1.29, 1.82) is 0 Å². The third kappa shape index (κ3) is 2.98. The molecule has 18 heavy (non-hydrogen) atoms. The summed E-state index contributed by atoms with van der Waals surface area (Å²) in [6.45, 7) is 0.840. The number of rotatable bonds is 5. The Morgan fingerprint density at radius 1 is 1.33 bits per heavy atom. The van der Waals surface area contributed by atoms with Gasteiger partial charge in [0, 0.05) is 0 Å². The molecule has 0 radical (unpaired) electrons. The van der Waals surface area contributed by atoms with Crippen molar-refractivity contribution in [2.45, 2.75) is 12.5 Å². The molecule has 1 heterocycles. The van der Waals surface area contributed by atoms with Crippen molar-refractivity contribution in [1.82, 2.24) is 25.5 Å². The van der Waals surface area contributed by atoms with Crippen molar-refractivity contribution in [3.63, 3.8) is 0 Å². The summed E-state index contributed by atoms with van der Waals surface area (Å²) in [7, 11) is 1.90. The molecule has 96 valence electrons. The lowest BCUT2D eigenvalue weighted by molar-refractivity contribution is 0.422. The molecule has 0 bridgehead atoms. The number of benzene rings is 1. The Kier molecular flexibility index (Phi) is 4.52. The molecule has 1 atom stereocenters. The highest BCUT2D eigenvalue weighted by Crippen LogP contribution is 2.28. The highest BCUT2D eigenvalue weighted by atomic mass is 35.5. The summed E-state index contributed by atoms with van der Waals surface area (Å²) < 4.78 is 0. The second-order valence-corrected chi connectivity index (χ2v) is 4.65. The minimum Gasteiger partial charge on any atom is -0.320 e. The van der Waals surface area contributed by atoms with Gasteiger partial charge in [0.2, 0.25) is 0 Å². The fourth-order valence-corrected chi connectivity index (χ4v) is 2.04. The molecule has 1 aromatic heterocycles. The van der Waals surface area contributed by atoms with Crippen LogP contribution in [0.4, 0.5) is 0 Å². The third-order valence-electron chi connectivity index (χ3n) is 2.64. The maximum Gasteiger partial charge on any atom is 0.162 e. The molecule has 0 aliphatic rings. The minimum absolute atomic E-state index is 0.00489. The Hall–Kier alpha value is -1.17. The number of tetrazole rings is 1. The average molecular weight is 286 g/mol. The summed E-state index contributed by atoms with van der Waals surface area (Å²) in [6.07, 6.45) is 2.26. The predicted octanol–water partition coefficient (Wildman–Crippen LogP) is 2.18. The number of nitrogens with zero attached hydrogens (tertiary/aromatic N) is 4. The van der Waals surface area contributed by atoms with Crippen LogP contribution >= 0.6 is 23.2 Å². The van der Waals surface area contributed by atoms with Crippen LogP contribution in [-0.4, -0.2) is 33.8 Å². The van der Waals surface area contributed by atoms with Crippen LogP contribution in [0.5, 0.6) is 0 Å². The molecule has 2 aromatic rings. The van der Waals surface area contributed by atoms with E-state index >= 15 is 0 Å². The number of halogens is 2. The second-order valence-electron chi connectivity index (χ2n) is 3.84. The molecular weight excluding hydrogens is 273 g/mol. The van der Waals surface area contributed by atoms with Gasteiger partial charge in [-0.3, -0.25) is 0 Å². The molecule has 2 rings (SSSR count). The highest BCUT2D eigenvalue weighted by molar-refractivity contribution is 6.42. The monoisotopic (exact) mass is 285 g/mol. The molecule has 0 saturated carbocycles. The van der Waals surface area contributed by atoms with E-state index in [9.17, 15) is 0 Å². The summed E-state index contributed by atoms with van der Waals surface area (Å²) in [5.74, 6) is 0. The molecule has 0 fully saturated rings. The first-order valence-corrected chi connectivity index (χ1v) is 6.30. The van der Waals surface area contributed by atoms with Crippen LogP contribution < -0.4 is 5.32 Å². The van der Waals surface area contributed by atoms with E-state index in [-0.39, 0.29) is 6.04 Å². The van der Waals surface area contributed by atoms with Crippen LogP contribution in [0.15, 0.2) is 24.5 Å². The fraction of sp³-hybridized carbons (Fsp3) is 0.364. The van der Waals surface area contributed by atoms with Crippen molar-refractivity contribution >= 4 is 23.2 Å². The van der Waals surface area contributed by atoms with Gasteiger partial charge in [0.15, 0.2) is 6.33 Å². The maximum atomic E-state index is 6.04. The van der Waals surface area contributed by atoms with Crippen molar-refractivity contribution in [2.75, 3.05) is 13.6 Å². The highest BCUT2D eigenvalue weighted by Gasteiger charge is 2.16. The van der Waals surface area contributed by atoms with E-state index in [1.54, 1.807) is 10.9 Å². The van der Waals surface area contributed by atoms with Crippen LogP contribution in [0, 0.1) is 0 Å². The van der Waals surface area contributed by atoms with Crippen LogP contribution in [0.25, 0.3) is 0 Å². The minimum atomic E-state index is -0.00489. The van der Waals surface area contributed by atoms with E-state index in [1.807, 2.05) is 19.2 Å². The first kappa shape index (κ1) is 13.3. The van der Waals surface area contributed by atoms with E-state index < -0.39 is 0 Å². The van der Waals surface area contributed by atoms with Crippen LogP contribution in [0.3, 0.4) is 0 Å². The van der Waals surface area contributed by atoms with Gasteiger partial charge in [-0.15, -0.1) is 10.2 Å². The van der Waals surface area contributed by atoms with Gasteiger partial charge in [-0.1, -0.05) is 29.3 Å². The van der Waals surface area contributed by atoms with Gasteiger partial charge in [-0.25, -0.2) is 0 Å². The molecule has 1 aromatic carbocycles. The summed E-state index contributed by atoms with van der Waals surface area (Å²) in [6, 6.07) is 5.54. The van der Waals surface area contributed by atoms with Gasteiger partial charge in [-0.05, 0) is 42.9 Å². The second kappa shape index (κ2) is 6.13. The number of hydrogen-bond acceptors (Lipinski definition) is 4. The predicted molar refractivity (Wildman–Crippen MR) is 71.0 cm³/mol. The quantitative estimate of drug-likeness (QED) is 0.915. The Balaban J connectivity index is 2.30. The normalized spacial score (nSPS) is 12.6. The van der Waals surface area contributed by atoms with Crippen LogP contribution in [0.2, 0.25) is 10.0 Å². The standard InChI is InChI=1S/C11H13Cl2N5/c1-14-5-4-11(18-16-7-15-17-18)8-2-3-9(12)10(13)6-8/h2-3,6-7,11,14H,4-5H2,1H3/t11-/m0/s1. The summed E-state index contributed by atoms with van der Waals surface area (Å²) in [5, 5.41) is 16.0. The van der Waals surface area contributed by atoms with Gasteiger partial charge >= 0.3 is 0 Å². The zero-order valence-corrected chi connectivity index (χ0v) is 11.4. The Morgan fingerprint density at radius 2 is 2.17 bits per heavy atom. The summed E-state index contributed by atoms with van der Waals surface area (Å²) in [4.78, 5) is 1.58. The van der Waals surface area contributed by atoms with Crippen LogP contribution in [0.1, 0.15) is 18.0 Å². The summed E-state index contributed by atoms with van der Waals surface area (Å²) >= 11 is 12.0. The average Bonchev–Trinajstić information content (AvgIpc) is 2.88. The van der Waals surface area contributed by atoms with Gasteiger partial charge in [0.1, 0.15) is 0 Å². The number of aromatic nitrogens is 4. The zero-order chi connectivity index (χ0) is 13.0. The van der Waals surface area contributed by atoms with Crippen molar-refractivity contribution < 1.29 is 0 Å². The molecule has 1 N–H and O–H groups in total. The van der Waals surface area contributed by atoms with Gasteiger partial charge < -0.3 is 5.32 Å². The van der Waals surface area contributed by atoms with Crippen molar-refractivity contribution in [2.24, 2.45) is 0 Å². The zero-order valence-electron chi connectivity index (χ0n) is 9.85. The Bertz CT molecular complexity index is 500. The SMILES string of the molecule is CNCC[C@@H](c1ccc(Cl)c(Cl)c1)n1ncnn1. The molecule has 0 saturated heterocycles. The van der Waals surface area contributed by atoms with E-state index in [0.29, 0.717) is 10.0 Å². The van der Waals surface area contributed by atoms with E-state index in [2.05, 4.69) is 20.7 Å². The number of hydrogen-bond donors (Lipinski definition) is 1. The molecule has 7 heteroatoms. The third-order valence-corrected chi connectivity index (χ3v) is 3.38. The molecule has 5 nitrogen and oxygen atoms in total. The largest absolute Gasteiger partial charge is 0.320 e. The van der Waals surface area contributed by atoms with Gasteiger partial charge in [-0.2, -0.15) is 4.80 Å². The topological polar surface area (TPSA) is 55.6 Å². The Labute approximate surface area is 115 Å². The van der Waals surface area contributed by atoms with E-state index in [4.69, 9.17) is 23.2 Å². The molecule has 0 aliphatic carbocycles. The van der Waals surface area contributed by atoms with Crippen molar-refractivity contribution in [3.05, 3.63) is 40.1 Å². The van der Waals surface area contributed by atoms with Crippen molar-refractivity contribution in [3.8, 4) is 0 Å². The first-order chi connectivity index (χ1) is 8.72. The molecule has 0 unspecified atom stereocenters. The first-order valence-electron chi connectivity index (χ1n) is 5.54. The van der Waals surface area contributed by atoms with E-state index in [1.165, 1.54) is 6.33 Å².